The van der Waals surface area contributed by atoms with E-state index in [0.717, 1.165) is 18.5 Å². The van der Waals surface area contributed by atoms with Gasteiger partial charge in [-0.25, -0.2) is 0 Å². The van der Waals surface area contributed by atoms with Crippen molar-refractivity contribution in [1.82, 2.24) is 0 Å². The van der Waals surface area contributed by atoms with Crippen molar-refractivity contribution in [2.45, 2.75) is 57.7 Å². The summed E-state index contributed by atoms with van der Waals surface area (Å²) in [6.07, 6.45) is 5.15. The van der Waals surface area contributed by atoms with Crippen LogP contribution in [0.4, 0.5) is 0 Å². The summed E-state index contributed by atoms with van der Waals surface area (Å²) in [7, 11) is -0.243. The molecule has 0 aliphatic rings. The molecule has 15 heavy (non-hydrogen) atoms. The number of hydrogen-bond donors (Lipinski definition) is 0. The Morgan fingerprint density at radius 2 is 1.67 bits per heavy atom. The molecule has 0 N–H and O–H groups in total. The highest BCUT2D eigenvalue weighted by molar-refractivity contribution is 9.09. The van der Waals surface area contributed by atoms with Gasteiger partial charge < -0.3 is 4.74 Å². The Balaban J connectivity index is 3.31. The highest BCUT2D eigenvalue weighted by atomic mass is 79.9. The van der Waals surface area contributed by atoms with Gasteiger partial charge in [-0.3, -0.25) is 0 Å². The predicted octanol–water partition coefficient (Wildman–Crippen LogP) is 4.49. The standard InChI is InChI=1S/C12H26BrOSi/c1-12(2,15(3)4)11-14-10-8-6-5-7-9-13/h5-11H2,1-4H3. The normalized spacial score (nSPS) is 12.4. The molecule has 0 amide bonds. The first-order chi connectivity index (χ1) is 7.00. The molecule has 0 heterocycles. The first kappa shape index (κ1) is 15.7. The molecule has 0 aromatic carbocycles. The Hall–Kier alpha value is 0.657. The van der Waals surface area contributed by atoms with E-state index >= 15 is 0 Å². The lowest BCUT2D eigenvalue weighted by molar-refractivity contribution is 0.110. The van der Waals surface area contributed by atoms with Gasteiger partial charge in [0.2, 0.25) is 0 Å². The molecule has 0 rings (SSSR count). The topological polar surface area (TPSA) is 9.23 Å². The van der Waals surface area contributed by atoms with Gasteiger partial charge in [0.25, 0.3) is 0 Å². The Kier molecular flexibility index (Phi) is 9.15. The highest BCUT2D eigenvalue weighted by Crippen LogP contribution is 2.28. The molecule has 0 bridgehead atoms. The summed E-state index contributed by atoms with van der Waals surface area (Å²) in [5.74, 6) is 0. The average Bonchev–Trinajstić information content (AvgIpc) is 2.16. The van der Waals surface area contributed by atoms with Crippen LogP contribution >= 0.6 is 15.9 Å². The fourth-order valence-corrected chi connectivity index (χ4v) is 1.91. The third kappa shape index (κ3) is 8.46. The van der Waals surface area contributed by atoms with Crippen LogP contribution in [0.2, 0.25) is 18.1 Å². The predicted molar refractivity (Wildman–Crippen MR) is 74.6 cm³/mol. The molecule has 1 radical (unpaired) electrons. The lowest BCUT2D eigenvalue weighted by Crippen LogP contribution is -2.26. The van der Waals surface area contributed by atoms with Gasteiger partial charge in [-0.2, -0.15) is 0 Å². The van der Waals surface area contributed by atoms with Gasteiger partial charge in [-0.15, -0.1) is 0 Å². The van der Waals surface area contributed by atoms with Crippen molar-refractivity contribution < 1.29 is 4.74 Å². The molecular weight excluding hydrogens is 268 g/mol. The van der Waals surface area contributed by atoms with E-state index < -0.39 is 0 Å². The monoisotopic (exact) mass is 293 g/mol. The zero-order valence-electron chi connectivity index (χ0n) is 10.7. The zero-order valence-corrected chi connectivity index (χ0v) is 13.3. The van der Waals surface area contributed by atoms with Gasteiger partial charge >= 0.3 is 0 Å². The van der Waals surface area contributed by atoms with Crippen LogP contribution in [-0.2, 0) is 4.74 Å². The van der Waals surface area contributed by atoms with Gasteiger partial charge in [0.1, 0.15) is 0 Å². The molecule has 1 nitrogen and oxygen atoms in total. The summed E-state index contributed by atoms with van der Waals surface area (Å²) in [5, 5.41) is 1.55. The SMILES string of the molecule is C[Si](C)C(C)(C)COCCCCCCBr. The van der Waals surface area contributed by atoms with E-state index in [9.17, 15) is 0 Å². The van der Waals surface area contributed by atoms with Crippen LogP contribution in [0.1, 0.15) is 39.5 Å². The third-order valence-electron chi connectivity index (χ3n) is 2.99. The molecule has 0 aliphatic carbocycles. The van der Waals surface area contributed by atoms with E-state index in [2.05, 4.69) is 42.9 Å². The minimum absolute atomic E-state index is 0.243. The third-order valence-corrected chi connectivity index (χ3v) is 6.40. The second-order valence-corrected chi connectivity index (χ2v) is 9.19. The van der Waals surface area contributed by atoms with E-state index in [4.69, 9.17) is 4.74 Å². The zero-order chi connectivity index (χ0) is 11.7. The van der Waals surface area contributed by atoms with Gasteiger partial charge in [-0.1, -0.05) is 55.7 Å². The molecular formula is C12H26BrOSi. The molecule has 0 saturated heterocycles. The molecule has 0 aromatic rings. The van der Waals surface area contributed by atoms with Crippen molar-refractivity contribution in [1.29, 1.82) is 0 Å². The van der Waals surface area contributed by atoms with Crippen LogP contribution in [0.15, 0.2) is 0 Å². The molecule has 91 valence electrons. The summed E-state index contributed by atoms with van der Waals surface area (Å²) in [6, 6.07) is 0. The quantitative estimate of drug-likeness (QED) is 0.346. The fraction of sp³-hybridized carbons (Fsp3) is 1.00. The van der Waals surface area contributed by atoms with Gasteiger partial charge in [0, 0.05) is 18.5 Å². The van der Waals surface area contributed by atoms with Crippen molar-refractivity contribution in [2.24, 2.45) is 0 Å². The van der Waals surface area contributed by atoms with Gasteiger partial charge in [0.05, 0.1) is 8.80 Å². The first-order valence-corrected chi connectivity index (χ1v) is 9.57. The molecule has 0 aromatic heterocycles. The van der Waals surface area contributed by atoms with Crippen molar-refractivity contribution in [3.05, 3.63) is 0 Å². The fourth-order valence-electron chi connectivity index (χ4n) is 1.12. The summed E-state index contributed by atoms with van der Waals surface area (Å²) in [4.78, 5) is 0. The molecule has 0 atom stereocenters. The molecule has 0 saturated carbocycles. The lowest BCUT2D eigenvalue weighted by Gasteiger charge is -2.27. The van der Waals surface area contributed by atoms with E-state index in [-0.39, 0.29) is 8.80 Å². The second kappa shape index (κ2) is 8.77. The van der Waals surface area contributed by atoms with Crippen LogP contribution < -0.4 is 0 Å². The van der Waals surface area contributed by atoms with E-state index in [1.54, 1.807) is 0 Å². The van der Waals surface area contributed by atoms with E-state index in [1.807, 2.05) is 0 Å². The summed E-state index contributed by atoms with van der Waals surface area (Å²) in [6.45, 7) is 11.3. The highest BCUT2D eigenvalue weighted by Gasteiger charge is 2.23. The maximum absolute atomic E-state index is 5.75. The lowest BCUT2D eigenvalue weighted by atomic mass is 10.2. The average molecular weight is 294 g/mol. The minimum atomic E-state index is -0.243. The summed E-state index contributed by atoms with van der Waals surface area (Å²) in [5.41, 5.74) is 0. The maximum atomic E-state index is 5.75. The summed E-state index contributed by atoms with van der Waals surface area (Å²) < 4.78 is 5.75. The maximum Gasteiger partial charge on any atom is 0.0503 e. The molecule has 3 heteroatoms. The summed E-state index contributed by atoms with van der Waals surface area (Å²) >= 11 is 3.45. The first-order valence-electron chi connectivity index (χ1n) is 5.95. The Morgan fingerprint density at radius 1 is 1.07 bits per heavy atom. The molecule has 0 aliphatic heterocycles. The largest absolute Gasteiger partial charge is 0.381 e. The molecule has 0 unspecified atom stereocenters. The number of ether oxygens (including phenoxy) is 1. The van der Waals surface area contributed by atoms with E-state index in [0.29, 0.717) is 5.04 Å². The Labute approximate surface area is 106 Å². The number of rotatable bonds is 9. The van der Waals surface area contributed by atoms with Crippen LogP contribution in [0.3, 0.4) is 0 Å². The van der Waals surface area contributed by atoms with Gasteiger partial charge in [0.15, 0.2) is 0 Å². The van der Waals surface area contributed by atoms with Crippen LogP contribution in [0.5, 0.6) is 0 Å². The Bertz CT molecular complexity index is 149. The minimum Gasteiger partial charge on any atom is -0.381 e. The van der Waals surface area contributed by atoms with Gasteiger partial charge in [-0.05, 0) is 17.9 Å². The molecule has 0 fully saturated rings. The number of hydrogen-bond acceptors (Lipinski definition) is 1. The van der Waals surface area contributed by atoms with Crippen LogP contribution in [0, 0.1) is 0 Å². The van der Waals surface area contributed by atoms with Crippen LogP contribution in [0.25, 0.3) is 0 Å². The van der Waals surface area contributed by atoms with Crippen molar-refractivity contribution >= 4 is 24.7 Å². The molecule has 0 spiro atoms. The Morgan fingerprint density at radius 3 is 2.20 bits per heavy atom. The number of alkyl halides is 1. The van der Waals surface area contributed by atoms with E-state index in [1.165, 1.54) is 25.7 Å². The number of unbranched alkanes of at least 4 members (excludes halogenated alkanes) is 3. The van der Waals surface area contributed by atoms with Crippen molar-refractivity contribution in [3.8, 4) is 0 Å². The van der Waals surface area contributed by atoms with Crippen LogP contribution in [-0.4, -0.2) is 27.3 Å². The smallest absolute Gasteiger partial charge is 0.0503 e. The number of halogens is 1. The second-order valence-electron chi connectivity index (χ2n) is 5.04. The van der Waals surface area contributed by atoms with Crippen molar-refractivity contribution in [3.63, 3.8) is 0 Å². The van der Waals surface area contributed by atoms with Crippen molar-refractivity contribution in [2.75, 3.05) is 18.5 Å².